The van der Waals surface area contributed by atoms with Crippen molar-refractivity contribution in [2.45, 2.75) is 63.1 Å². The lowest BCUT2D eigenvalue weighted by Crippen LogP contribution is -2.55. The summed E-state index contributed by atoms with van der Waals surface area (Å²) in [6, 6.07) is -1.01. The average molecular weight is 367 g/mol. The molecule has 3 fully saturated rings. The number of hydrogen-bond acceptors (Lipinski definition) is 5. The first kappa shape index (κ1) is 18.9. The van der Waals surface area contributed by atoms with Crippen LogP contribution in [0.5, 0.6) is 0 Å². The van der Waals surface area contributed by atoms with Gasteiger partial charge in [0.2, 0.25) is 5.91 Å². The van der Waals surface area contributed by atoms with E-state index in [4.69, 9.17) is 4.74 Å². The number of carbonyl (C=O) groups is 3. The van der Waals surface area contributed by atoms with E-state index in [1.54, 1.807) is 18.9 Å². The highest BCUT2D eigenvalue weighted by molar-refractivity contribution is 5.95. The summed E-state index contributed by atoms with van der Waals surface area (Å²) < 4.78 is 5.20. The fourth-order valence-corrected chi connectivity index (χ4v) is 4.20. The highest BCUT2D eigenvalue weighted by Gasteiger charge is 2.62. The average Bonchev–Trinajstić information content (AvgIpc) is 3.15. The second-order valence-corrected chi connectivity index (χ2v) is 7.69. The number of fused-ring (bicyclic) bond motifs is 2. The van der Waals surface area contributed by atoms with E-state index in [1.165, 1.54) is 4.90 Å². The first-order valence-corrected chi connectivity index (χ1v) is 9.58. The minimum Gasteiger partial charge on any atom is -0.464 e. The Morgan fingerprint density at radius 2 is 2.12 bits per heavy atom. The number of nitrogens with zero attached hydrogens (tertiary/aromatic N) is 2. The third-order valence-corrected chi connectivity index (χ3v) is 5.79. The molecule has 2 heterocycles. The van der Waals surface area contributed by atoms with E-state index in [-0.39, 0.29) is 43.4 Å². The highest BCUT2D eigenvalue weighted by Crippen LogP contribution is 2.48. The molecule has 0 bridgehead atoms. The van der Waals surface area contributed by atoms with E-state index < -0.39 is 17.7 Å². The maximum absolute atomic E-state index is 12.9. The zero-order valence-corrected chi connectivity index (χ0v) is 15.6. The zero-order valence-electron chi connectivity index (χ0n) is 15.6. The van der Waals surface area contributed by atoms with Gasteiger partial charge in [-0.1, -0.05) is 12.8 Å². The molecule has 146 valence electrons. The molecule has 0 unspecified atom stereocenters. The van der Waals surface area contributed by atoms with E-state index in [2.05, 4.69) is 5.32 Å². The maximum atomic E-state index is 12.9. The molecule has 1 saturated carbocycles. The normalized spacial score (nSPS) is 35.4. The standard InChI is InChI=1S/C18H29N3O5/c1-3-26-16(24)18-10-12(18)7-5-4-6-8-20(2)17(25)21-11-13(22)9-14(21)15(23)19-18/h12-14,22H,3-11H2,1-2H3,(H,19,23)/t12-,13+,14+,18-/m1/s1. The van der Waals surface area contributed by atoms with Gasteiger partial charge in [-0.25, -0.2) is 9.59 Å². The molecule has 3 amide bonds. The smallest absolute Gasteiger partial charge is 0.332 e. The Labute approximate surface area is 153 Å². The number of aliphatic hydroxyl groups excluding tert-OH is 1. The molecule has 2 aliphatic heterocycles. The van der Waals surface area contributed by atoms with Crippen molar-refractivity contribution in [3.63, 3.8) is 0 Å². The summed E-state index contributed by atoms with van der Waals surface area (Å²) in [4.78, 5) is 41.1. The Balaban J connectivity index is 1.83. The van der Waals surface area contributed by atoms with Crippen LogP contribution in [0.3, 0.4) is 0 Å². The molecule has 2 N–H and O–H groups in total. The zero-order chi connectivity index (χ0) is 18.9. The Kier molecular flexibility index (Phi) is 5.41. The Hall–Kier alpha value is -1.83. The van der Waals surface area contributed by atoms with E-state index in [0.29, 0.717) is 13.0 Å². The van der Waals surface area contributed by atoms with Crippen LogP contribution in [0.4, 0.5) is 4.79 Å². The van der Waals surface area contributed by atoms with Crippen LogP contribution < -0.4 is 5.32 Å². The van der Waals surface area contributed by atoms with Crippen molar-refractivity contribution in [1.29, 1.82) is 0 Å². The molecule has 8 nitrogen and oxygen atoms in total. The predicted molar refractivity (Wildman–Crippen MR) is 93.2 cm³/mol. The molecule has 0 aromatic carbocycles. The molecular formula is C18H29N3O5. The SMILES string of the molecule is CCOC(=O)[C@@]12C[C@H]1CCCCCN(C)C(=O)N1C[C@@H](O)C[C@H]1C(=O)N2. The molecule has 3 rings (SSSR count). The molecule has 1 aliphatic carbocycles. The molecule has 26 heavy (non-hydrogen) atoms. The molecule has 3 aliphatic rings. The van der Waals surface area contributed by atoms with Gasteiger partial charge in [-0.2, -0.15) is 0 Å². The summed E-state index contributed by atoms with van der Waals surface area (Å²) in [5.74, 6) is -0.681. The van der Waals surface area contributed by atoms with Crippen LogP contribution in [0.2, 0.25) is 0 Å². The number of esters is 1. The lowest BCUT2D eigenvalue weighted by molar-refractivity contribution is -0.149. The molecule has 0 spiro atoms. The number of nitrogens with one attached hydrogen (secondary N) is 1. The van der Waals surface area contributed by atoms with Crippen molar-refractivity contribution in [3.8, 4) is 0 Å². The summed E-state index contributed by atoms with van der Waals surface area (Å²) in [5, 5.41) is 12.9. The Morgan fingerprint density at radius 3 is 2.85 bits per heavy atom. The van der Waals surface area contributed by atoms with E-state index in [9.17, 15) is 19.5 Å². The number of urea groups is 1. The van der Waals surface area contributed by atoms with Crippen molar-refractivity contribution in [3.05, 3.63) is 0 Å². The summed E-state index contributed by atoms with van der Waals surface area (Å²) in [5.41, 5.74) is -0.963. The second kappa shape index (κ2) is 7.42. The maximum Gasteiger partial charge on any atom is 0.332 e. The third-order valence-electron chi connectivity index (χ3n) is 5.79. The van der Waals surface area contributed by atoms with Crippen LogP contribution in [0.15, 0.2) is 0 Å². The predicted octanol–water partition coefficient (Wildman–Crippen LogP) is 0.485. The molecule has 0 aromatic rings. The number of carbonyl (C=O) groups excluding carboxylic acids is 3. The van der Waals surface area contributed by atoms with Crippen LogP contribution in [0, 0.1) is 5.92 Å². The van der Waals surface area contributed by atoms with Crippen molar-refractivity contribution < 1.29 is 24.2 Å². The monoisotopic (exact) mass is 367 g/mol. The van der Waals surface area contributed by atoms with Gasteiger partial charge >= 0.3 is 12.0 Å². The van der Waals surface area contributed by atoms with Gasteiger partial charge in [0.05, 0.1) is 12.7 Å². The van der Waals surface area contributed by atoms with Crippen molar-refractivity contribution in [2.75, 3.05) is 26.7 Å². The third kappa shape index (κ3) is 3.51. The van der Waals surface area contributed by atoms with Crippen molar-refractivity contribution in [1.82, 2.24) is 15.1 Å². The van der Waals surface area contributed by atoms with Crippen LogP contribution in [-0.2, 0) is 14.3 Å². The minimum atomic E-state index is -0.963. The fraction of sp³-hybridized carbons (Fsp3) is 0.833. The van der Waals surface area contributed by atoms with Gasteiger partial charge < -0.3 is 25.0 Å². The van der Waals surface area contributed by atoms with Gasteiger partial charge in [0.25, 0.3) is 0 Å². The van der Waals surface area contributed by atoms with E-state index in [1.807, 2.05) is 0 Å². The van der Waals surface area contributed by atoms with Gasteiger partial charge in [-0.05, 0) is 32.1 Å². The number of amides is 3. The lowest BCUT2D eigenvalue weighted by atomic mass is 10.1. The number of rotatable bonds is 2. The van der Waals surface area contributed by atoms with Crippen LogP contribution in [0.25, 0.3) is 0 Å². The minimum absolute atomic E-state index is 0.0828. The Bertz CT molecular complexity index is 583. The topological polar surface area (TPSA) is 99.2 Å². The second-order valence-electron chi connectivity index (χ2n) is 7.69. The molecule has 0 radical (unpaired) electrons. The van der Waals surface area contributed by atoms with E-state index >= 15 is 0 Å². The van der Waals surface area contributed by atoms with Crippen molar-refractivity contribution in [2.24, 2.45) is 5.92 Å². The van der Waals surface area contributed by atoms with Gasteiger partial charge in [0, 0.05) is 26.6 Å². The Morgan fingerprint density at radius 1 is 1.35 bits per heavy atom. The fourth-order valence-electron chi connectivity index (χ4n) is 4.20. The summed E-state index contributed by atoms with van der Waals surface area (Å²) >= 11 is 0. The summed E-state index contributed by atoms with van der Waals surface area (Å²) in [6.45, 7) is 2.77. The van der Waals surface area contributed by atoms with Crippen LogP contribution >= 0.6 is 0 Å². The largest absolute Gasteiger partial charge is 0.464 e. The van der Waals surface area contributed by atoms with Gasteiger partial charge in [-0.3, -0.25) is 4.79 Å². The molecule has 4 atom stereocenters. The number of ether oxygens (including phenoxy) is 1. The summed E-state index contributed by atoms with van der Waals surface area (Å²) in [6.07, 6.45) is 3.69. The first-order valence-electron chi connectivity index (χ1n) is 9.58. The molecule has 0 aromatic heterocycles. The van der Waals surface area contributed by atoms with Crippen LogP contribution in [-0.4, -0.2) is 77.2 Å². The van der Waals surface area contributed by atoms with E-state index in [0.717, 1.165) is 25.7 Å². The number of aliphatic hydroxyl groups is 1. The summed E-state index contributed by atoms with van der Waals surface area (Å²) in [7, 11) is 1.72. The lowest BCUT2D eigenvalue weighted by Gasteiger charge is -2.29. The molecular weight excluding hydrogens is 338 g/mol. The molecule has 2 saturated heterocycles. The first-order chi connectivity index (χ1) is 12.4. The van der Waals surface area contributed by atoms with Gasteiger partial charge in [-0.15, -0.1) is 0 Å². The quantitative estimate of drug-likeness (QED) is 0.692. The van der Waals surface area contributed by atoms with Gasteiger partial charge in [0.15, 0.2) is 0 Å². The van der Waals surface area contributed by atoms with Gasteiger partial charge in [0.1, 0.15) is 11.6 Å². The van der Waals surface area contributed by atoms with Crippen molar-refractivity contribution >= 4 is 17.9 Å². The molecule has 8 heteroatoms. The number of hydrogen-bond donors (Lipinski definition) is 2. The highest BCUT2D eigenvalue weighted by atomic mass is 16.5. The van der Waals surface area contributed by atoms with Crippen LogP contribution in [0.1, 0.15) is 45.4 Å².